The summed E-state index contributed by atoms with van der Waals surface area (Å²) < 4.78 is 134. The van der Waals surface area contributed by atoms with Gasteiger partial charge < -0.3 is 14.9 Å². The average molecular weight is 566 g/mol. The molecule has 210 valence electrons. The van der Waals surface area contributed by atoms with Crippen LogP contribution in [0.25, 0.3) is 0 Å². The van der Waals surface area contributed by atoms with E-state index in [1.807, 2.05) is 0 Å². The lowest BCUT2D eigenvalue weighted by Crippen LogP contribution is -2.49. The van der Waals surface area contributed by atoms with Crippen LogP contribution in [0.3, 0.4) is 0 Å². The molecule has 0 saturated heterocycles. The molecule has 1 aliphatic heterocycles. The van der Waals surface area contributed by atoms with Gasteiger partial charge in [0.1, 0.15) is 5.82 Å². The lowest BCUT2D eigenvalue weighted by molar-refractivity contribution is -0.200. The standard InChI is InChI=1S/C26H20F10N2O/c27-19-9-15(8-18(11-19)25(31,32)33)12-37-13-22(16-4-3-5-17(10-16)24(28,29)30)38(14-23(39)26(34,35)36)21-7-2-1-6-20(21)37/h1-11,22-23,39H,12-14H2/t22?,23-/m1/s1. The fraction of sp³-hybridized carbons (Fsp3) is 0.308. The number of benzene rings is 3. The van der Waals surface area contributed by atoms with Crippen molar-refractivity contribution in [3.8, 4) is 0 Å². The summed E-state index contributed by atoms with van der Waals surface area (Å²) in [7, 11) is 0. The second kappa shape index (κ2) is 10.2. The number of nitrogens with zero attached hydrogens (tertiary/aromatic N) is 2. The van der Waals surface area contributed by atoms with Crippen molar-refractivity contribution in [1.29, 1.82) is 0 Å². The van der Waals surface area contributed by atoms with E-state index >= 15 is 0 Å². The Morgan fingerprint density at radius 1 is 0.769 bits per heavy atom. The summed E-state index contributed by atoms with van der Waals surface area (Å²) in [4.78, 5) is 2.57. The second-order valence-electron chi connectivity index (χ2n) is 9.06. The third kappa shape index (κ3) is 6.40. The zero-order chi connectivity index (χ0) is 28.8. The van der Waals surface area contributed by atoms with Crippen LogP contribution in [-0.4, -0.2) is 30.5 Å². The Kier molecular flexibility index (Phi) is 7.50. The van der Waals surface area contributed by atoms with Crippen LogP contribution in [0.2, 0.25) is 0 Å². The largest absolute Gasteiger partial charge is 0.416 e. The Balaban J connectivity index is 1.81. The Hall–Kier alpha value is -3.48. The summed E-state index contributed by atoms with van der Waals surface area (Å²) >= 11 is 0. The van der Waals surface area contributed by atoms with Crippen molar-refractivity contribution in [3.63, 3.8) is 0 Å². The molecule has 0 aliphatic carbocycles. The van der Waals surface area contributed by atoms with E-state index in [2.05, 4.69) is 0 Å². The third-order valence-corrected chi connectivity index (χ3v) is 6.31. The molecule has 0 spiro atoms. The second-order valence-corrected chi connectivity index (χ2v) is 9.06. The third-order valence-electron chi connectivity index (χ3n) is 6.31. The molecule has 3 nitrogen and oxygen atoms in total. The quantitative estimate of drug-likeness (QED) is 0.327. The van der Waals surface area contributed by atoms with Gasteiger partial charge in [-0.15, -0.1) is 0 Å². The topological polar surface area (TPSA) is 26.7 Å². The number of β-amino-alcohol motifs (C(OH)–C–C–N with tert-alkyl or cyclic N) is 1. The number of rotatable bonds is 5. The molecule has 1 heterocycles. The summed E-state index contributed by atoms with van der Waals surface area (Å²) in [5, 5.41) is 9.84. The Morgan fingerprint density at radius 2 is 1.41 bits per heavy atom. The van der Waals surface area contributed by atoms with Crippen LogP contribution in [-0.2, 0) is 18.9 Å². The molecule has 0 saturated carbocycles. The highest BCUT2D eigenvalue weighted by Crippen LogP contribution is 2.43. The molecule has 4 rings (SSSR count). The molecule has 0 fully saturated rings. The van der Waals surface area contributed by atoms with Gasteiger partial charge in [0.25, 0.3) is 0 Å². The summed E-state index contributed by atoms with van der Waals surface area (Å²) in [6.45, 7) is -1.63. The first-order chi connectivity index (χ1) is 18.0. The minimum absolute atomic E-state index is 0.0334. The van der Waals surface area contributed by atoms with Crippen LogP contribution in [0.4, 0.5) is 55.3 Å². The van der Waals surface area contributed by atoms with Crippen LogP contribution in [0.1, 0.15) is 28.3 Å². The van der Waals surface area contributed by atoms with E-state index in [0.29, 0.717) is 6.07 Å². The number of hydrogen-bond acceptors (Lipinski definition) is 3. The van der Waals surface area contributed by atoms with Crippen molar-refractivity contribution >= 4 is 11.4 Å². The molecule has 3 aromatic rings. The maximum Gasteiger partial charge on any atom is 0.416 e. The van der Waals surface area contributed by atoms with Crippen LogP contribution in [0, 0.1) is 5.82 Å². The molecule has 1 N–H and O–H groups in total. The summed E-state index contributed by atoms with van der Waals surface area (Å²) in [6, 6.07) is 10.5. The number of aliphatic hydroxyl groups is 1. The minimum Gasteiger partial charge on any atom is -0.382 e. The number of hydrogen-bond donors (Lipinski definition) is 1. The fourth-order valence-corrected chi connectivity index (χ4v) is 4.55. The van der Waals surface area contributed by atoms with E-state index in [9.17, 15) is 49.0 Å². The van der Waals surface area contributed by atoms with Gasteiger partial charge in [0.05, 0.1) is 35.1 Å². The van der Waals surface area contributed by atoms with Crippen molar-refractivity contribution in [2.75, 3.05) is 22.9 Å². The number of para-hydroxylation sites is 2. The molecule has 39 heavy (non-hydrogen) atoms. The van der Waals surface area contributed by atoms with Crippen molar-refractivity contribution in [2.24, 2.45) is 0 Å². The first kappa shape index (κ1) is 28.5. The normalized spacial score (nSPS) is 17.3. The van der Waals surface area contributed by atoms with Crippen molar-refractivity contribution in [2.45, 2.75) is 37.2 Å². The lowest BCUT2D eigenvalue weighted by Gasteiger charge is -2.46. The highest BCUT2D eigenvalue weighted by molar-refractivity contribution is 5.75. The van der Waals surface area contributed by atoms with Gasteiger partial charge in [-0.25, -0.2) is 4.39 Å². The van der Waals surface area contributed by atoms with Gasteiger partial charge in [-0.05, 0) is 53.6 Å². The summed E-state index contributed by atoms with van der Waals surface area (Å²) in [6.07, 6.45) is -17.5. The molecule has 3 aromatic carbocycles. The SMILES string of the molecule is O[C@H](CN1c2ccccc2N(Cc2cc(F)cc(C(F)(F)F)c2)CC1c1cccc(C(F)(F)F)c1)C(F)(F)F. The average Bonchev–Trinajstić information content (AvgIpc) is 2.83. The van der Waals surface area contributed by atoms with E-state index in [1.54, 1.807) is 0 Å². The van der Waals surface area contributed by atoms with Gasteiger partial charge in [0, 0.05) is 13.1 Å². The number of aliphatic hydroxyl groups excluding tert-OH is 1. The molecule has 0 aromatic heterocycles. The number of fused-ring (bicyclic) bond motifs is 1. The number of anilines is 2. The monoisotopic (exact) mass is 566 g/mol. The first-order valence-corrected chi connectivity index (χ1v) is 11.4. The van der Waals surface area contributed by atoms with Gasteiger partial charge >= 0.3 is 18.5 Å². The van der Waals surface area contributed by atoms with Gasteiger partial charge in [-0.1, -0.05) is 24.3 Å². The summed E-state index contributed by atoms with van der Waals surface area (Å²) in [5.41, 5.74) is -2.10. The van der Waals surface area contributed by atoms with E-state index in [0.717, 1.165) is 35.2 Å². The maximum atomic E-state index is 14.1. The predicted molar refractivity (Wildman–Crippen MR) is 122 cm³/mol. The molecular formula is C26H20F10N2O. The number of alkyl halides is 9. The van der Waals surface area contributed by atoms with E-state index in [4.69, 9.17) is 0 Å². The van der Waals surface area contributed by atoms with Crippen LogP contribution in [0.5, 0.6) is 0 Å². The summed E-state index contributed by atoms with van der Waals surface area (Å²) in [5.74, 6) is -1.16. The smallest absolute Gasteiger partial charge is 0.382 e. The number of halogens is 10. The minimum atomic E-state index is -5.03. The van der Waals surface area contributed by atoms with Crippen molar-refractivity contribution in [3.05, 3.63) is 94.8 Å². The predicted octanol–water partition coefficient (Wildman–Crippen LogP) is 7.35. The maximum absolute atomic E-state index is 14.1. The molecule has 13 heteroatoms. The van der Waals surface area contributed by atoms with E-state index < -0.39 is 54.2 Å². The van der Waals surface area contributed by atoms with Crippen LogP contribution >= 0.6 is 0 Å². The van der Waals surface area contributed by atoms with Gasteiger partial charge in [-0.2, -0.15) is 39.5 Å². The zero-order valence-electron chi connectivity index (χ0n) is 19.7. The van der Waals surface area contributed by atoms with Gasteiger partial charge in [-0.3, -0.25) is 0 Å². The highest BCUT2D eigenvalue weighted by Gasteiger charge is 2.43. The van der Waals surface area contributed by atoms with Gasteiger partial charge in [0.15, 0.2) is 6.10 Å². The Morgan fingerprint density at radius 3 is 2.03 bits per heavy atom. The Labute approximate surface area is 215 Å². The van der Waals surface area contributed by atoms with Crippen molar-refractivity contribution < 1.29 is 49.0 Å². The van der Waals surface area contributed by atoms with Crippen LogP contribution < -0.4 is 9.80 Å². The van der Waals surface area contributed by atoms with Crippen molar-refractivity contribution in [1.82, 2.24) is 0 Å². The molecule has 1 unspecified atom stereocenters. The highest BCUT2D eigenvalue weighted by atomic mass is 19.4. The first-order valence-electron chi connectivity index (χ1n) is 11.4. The molecule has 0 radical (unpaired) electrons. The molecular weight excluding hydrogens is 546 g/mol. The van der Waals surface area contributed by atoms with Crippen LogP contribution in [0.15, 0.2) is 66.7 Å². The molecule has 0 bridgehead atoms. The Bertz CT molecular complexity index is 1320. The molecule has 2 atom stereocenters. The zero-order valence-corrected chi connectivity index (χ0v) is 19.7. The fourth-order valence-electron chi connectivity index (χ4n) is 4.55. The lowest BCUT2D eigenvalue weighted by atomic mass is 9.96. The molecule has 0 amide bonds. The molecule has 1 aliphatic rings. The van der Waals surface area contributed by atoms with E-state index in [-0.39, 0.29) is 35.6 Å². The van der Waals surface area contributed by atoms with E-state index in [1.165, 1.54) is 35.2 Å². The van der Waals surface area contributed by atoms with Gasteiger partial charge in [0.2, 0.25) is 0 Å².